The molecule has 2 rings (SSSR count). The van der Waals surface area contributed by atoms with Crippen LogP contribution in [0, 0.1) is 13.8 Å². The molecular formula is C19H26N2. The first-order chi connectivity index (χ1) is 10.2. The highest BCUT2D eigenvalue weighted by atomic mass is 15.1. The Balaban J connectivity index is 2.19. The first-order valence-corrected chi connectivity index (χ1v) is 7.70. The molecule has 1 atom stereocenters. The molecule has 0 heterocycles. The van der Waals surface area contributed by atoms with Gasteiger partial charge in [-0.1, -0.05) is 48.0 Å². The van der Waals surface area contributed by atoms with Crippen molar-refractivity contribution >= 4 is 5.69 Å². The maximum atomic E-state index is 3.45. The number of likely N-dealkylation sites (N-methyl/N-ethyl adjacent to an activating group) is 2. The predicted molar refractivity (Wildman–Crippen MR) is 92.0 cm³/mol. The number of nitrogens with zero attached hydrogens (tertiary/aromatic N) is 1. The van der Waals surface area contributed by atoms with Gasteiger partial charge in [-0.15, -0.1) is 0 Å². The van der Waals surface area contributed by atoms with Crippen LogP contribution in [0.2, 0.25) is 0 Å². The summed E-state index contributed by atoms with van der Waals surface area (Å²) >= 11 is 0. The van der Waals surface area contributed by atoms with Crippen LogP contribution < -0.4 is 10.2 Å². The molecule has 0 aliphatic carbocycles. The van der Waals surface area contributed by atoms with Gasteiger partial charge in [0.2, 0.25) is 0 Å². The number of rotatable bonds is 6. The Kier molecular flexibility index (Phi) is 5.40. The van der Waals surface area contributed by atoms with E-state index in [4.69, 9.17) is 0 Å². The van der Waals surface area contributed by atoms with Crippen molar-refractivity contribution in [1.82, 2.24) is 5.32 Å². The summed E-state index contributed by atoms with van der Waals surface area (Å²) in [5.41, 5.74) is 5.31. The molecule has 21 heavy (non-hydrogen) atoms. The first kappa shape index (κ1) is 15.6. The Bertz CT molecular complexity index is 560. The van der Waals surface area contributed by atoms with Crippen LogP contribution in [0.25, 0.3) is 0 Å². The van der Waals surface area contributed by atoms with E-state index in [1.165, 1.54) is 22.4 Å². The molecule has 2 aromatic rings. The molecule has 0 fully saturated rings. The minimum Gasteiger partial charge on any atom is -0.370 e. The average molecular weight is 282 g/mol. The zero-order valence-corrected chi connectivity index (χ0v) is 13.6. The van der Waals surface area contributed by atoms with Crippen molar-refractivity contribution in [2.45, 2.75) is 26.8 Å². The molecule has 0 spiro atoms. The quantitative estimate of drug-likeness (QED) is 0.858. The standard InChI is InChI=1S/C19H26N2/c1-5-21(19-9-7-6-8-16(19)3)14-18(20-4)17-12-10-15(2)11-13-17/h6-13,18,20H,5,14H2,1-4H3. The first-order valence-electron chi connectivity index (χ1n) is 7.70. The van der Waals surface area contributed by atoms with Gasteiger partial charge < -0.3 is 10.2 Å². The van der Waals surface area contributed by atoms with E-state index in [1.807, 2.05) is 7.05 Å². The Morgan fingerprint density at radius 3 is 2.24 bits per heavy atom. The van der Waals surface area contributed by atoms with E-state index < -0.39 is 0 Å². The molecule has 2 heteroatoms. The summed E-state index contributed by atoms with van der Waals surface area (Å²) in [7, 11) is 2.04. The van der Waals surface area contributed by atoms with Crippen LogP contribution in [-0.4, -0.2) is 20.1 Å². The molecule has 1 unspecified atom stereocenters. The number of hydrogen-bond donors (Lipinski definition) is 1. The summed E-state index contributed by atoms with van der Waals surface area (Å²) in [6, 6.07) is 17.8. The largest absolute Gasteiger partial charge is 0.370 e. The molecule has 112 valence electrons. The van der Waals surface area contributed by atoms with Crippen LogP contribution in [-0.2, 0) is 0 Å². The second-order valence-corrected chi connectivity index (χ2v) is 5.58. The monoisotopic (exact) mass is 282 g/mol. The molecule has 0 aromatic heterocycles. The topological polar surface area (TPSA) is 15.3 Å². The predicted octanol–water partition coefficient (Wildman–Crippen LogP) is 4.09. The van der Waals surface area contributed by atoms with Crippen molar-refractivity contribution in [2.24, 2.45) is 0 Å². The van der Waals surface area contributed by atoms with Crippen LogP contribution in [0.4, 0.5) is 5.69 Å². The lowest BCUT2D eigenvalue weighted by molar-refractivity contribution is 0.576. The number of nitrogens with one attached hydrogen (secondary N) is 1. The normalized spacial score (nSPS) is 12.2. The Hall–Kier alpha value is -1.80. The van der Waals surface area contributed by atoms with Crippen LogP contribution in [0.1, 0.15) is 29.7 Å². The number of anilines is 1. The molecule has 0 aliphatic heterocycles. The minimum absolute atomic E-state index is 0.338. The SMILES string of the molecule is CCN(CC(NC)c1ccc(C)cc1)c1ccccc1C. The van der Waals surface area contributed by atoms with E-state index in [0.29, 0.717) is 6.04 Å². The summed E-state index contributed by atoms with van der Waals surface area (Å²) in [5, 5.41) is 3.45. The maximum absolute atomic E-state index is 3.45. The smallest absolute Gasteiger partial charge is 0.0495 e. The van der Waals surface area contributed by atoms with E-state index in [-0.39, 0.29) is 0 Å². The third kappa shape index (κ3) is 3.85. The Morgan fingerprint density at radius 2 is 1.67 bits per heavy atom. The van der Waals surface area contributed by atoms with Crippen LogP contribution in [0.5, 0.6) is 0 Å². The van der Waals surface area contributed by atoms with Gasteiger partial charge in [0, 0.05) is 24.8 Å². The molecule has 0 aliphatic rings. The van der Waals surface area contributed by atoms with Gasteiger partial charge in [-0.05, 0) is 45.0 Å². The number of aryl methyl sites for hydroxylation is 2. The second kappa shape index (κ2) is 7.28. The van der Waals surface area contributed by atoms with Crippen LogP contribution in [0.3, 0.4) is 0 Å². The lowest BCUT2D eigenvalue weighted by Gasteiger charge is -2.30. The average Bonchev–Trinajstić information content (AvgIpc) is 2.51. The molecular weight excluding hydrogens is 256 g/mol. The van der Waals surface area contributed by atoms with Gasteiger partial charge in [0.25, 0.3) is 0 Å². The van der Waals surface area contributed by atoms with Crippen molar-refractivity contribution in [3.63, 3.8) is 0 Å². The van der Waals surface area contributed by atoms with Crippen molar-refractivity contribution in [2.75, 3.05) is 25.0 Å². The third-order valence-electron chi connectivity index (χ3n) is 4.07. The highest BCUT2D eigenvalue weighted by molar-refractivity contribution is 5.53. The van der Waals surface area contributed by atoms with Crippen molar-refractivity contribution in [1.29, 1.82) is 0 Å². The summed E-state index contributed by atoms with van der Waals surface area (Å²) in [5.74, 6) is 0. The Labute approximate surface area is 128 Å². The van der Waals surface area contributed by atoms with Crippen LogP contribution >= 0.6 is 0 Å². The van der Waals surface area contributed by atoms with Gasteiger partial charge in [0.1, 0.15) is 0 Å². The highest BCUT2D eigenvalue weighted by Gasteiger charge is 2.15. The zero-order valence-electron chi connectivity index (χ0n) is 13.6. The van der Waals surface area contributed by atoms with E-state index in [0.717, 1.165) is 13.1 Å². The van der Waals surface area contributed by atoms with Gasteiger partial charge in [-0.25, -0.2) is 0 Å². The molecule has 0 saturated heterocycles. The molecule has 0 saturated carbocycles. The van der Waals surface area contributed by atoms with E-state index in [1.54, 1.807) is 0 Å². The van der Waals surface area contributed by atoms with Crippen molar-refractivity contribution < 1.29 is 0 Å². The molecule has 0 radical (unpaired) electrons. The van der Waals surface area contributed by atoms with Crippen molar-refractivity contribution in [3.05, 3.63) is 65.2 Å². The highest BCUT2D eigenvalue weighted by Crippen LogP contribution is 2.23. The lowest BCUT2D eigenvalue weighted by Crippen LogP contribution is -2.34. The van der Waals surface area contributed by atoms with E-state index >= 15 is 0 Å². The van der Waals surface area contributed by atoms with Gasteiger partial charge in [-0.3, -0.25) is 0 Å². The molecule has 1 N–H and O–H groups in total. The van der Waals surface area contributed by atoms with Gasteiger partial charge in [0.15, 0.2) is 0 Å². The molecule has 2 nitrogen and oxygen atoms in total. The lowest BCUT2D eigenvalue weighted by atomic mass is 10.0. The summed E-state index contributed by atoms with van der Waals surface area (Å²) in [4.78, 5) is 2.44. The number of para-hydroxylation sites is 1. The maximum Gasteiger partial charge on any atom is 0.0495 e. The fourth-order valence-corrected chi connectivity index (χ4v) is 2.70. The number of benzene rings is 2. The van der Waals surface area contributed by atoms with Crippen molar-refractivity contribution in [3.8, 4) is 0 Å². The molecule has 2 aromatic carbocycles. The van der Waals surface area contributed by atoms with Gasteiger partial charge in [-0.2, -0.15) is 0 Å². The number of hydrogen-bond acceptors (Lipinski definition) is 2. The summed E-state index contributed by atoms with van der Waals surface area (Å²) in [6.45, 7) is 8.51. The fourth-order valence-electron chi connectivity index (χ4n) is 2.70. The molecule has 0 amide bonds. The third-order valence-corrected chi connectivity index (χ3v) is 4.07. The Morgan fingerprint density at radius 1 is 1.00 bits per heavy atom. The zero-order chi connectivity index (χ0) is 15.2. The van der Waals surface area contributed by atoms with Crippen LogP contribution in [0.15, 0.2) is 48.5 Å². The summed E-state index contributed by atoms with van der Waals surface area (Å²) < 4.78 is 0. The van der Waals surface area contributed by atoms with Gasteiger partial charge >= 0.3 is 0 Å². The second-order valence-electron chi connectivity index (χ2n) is 5.58. The van der Waals surface area contributed by atoms with E-state index in [2.05, 4.69) is 79.5 Å². The minimum atomic E-state index is 0.338. The fraction of sp³-hybridized carbons (Fsp3) is 0.368. The van der Waals surface area contributed by atoms with E-state index in [9.17, 15) is 0 Å². The van der Waals surface area contributed by atoms with Gasteiger partial charge in [0.05, 0.1) is 0 Å². The molecule has 0 bridgehead atoms. The summed E-state index contributed by atoms with van der Waals surface area (Å²) in [6.07, 6.45) is 0.